The highest BCUT2D eigenvalue weighted by Gasteiger charge is 2.12. The summed E-state index contributed by atoms with van der Waals surface area (Å²) in [7, 11) is 3.34. The Kier molecular flexibility index (Phi) is 7.80. The molecule has 0 radical (unpaired) electrons. The molecule has 2 amide bonds. The van der Waals surface area contributed by atoms with E-state index >= 15 is 0 Å². The summed E-state index contributed by atoms with van der Waals surface area (Å²) in [6.45, 7) is 0. The van der Waals surface area contributed by atoms with E-state index in [1.807, 2.05) is 36.4 Å². The zero-order chi connectivity index (χ0) is 18.1. The monoisotopic (exact) mass is 376 g/mol. The topological polar surface area (TPSA) is 64.7 Å². The first-order valence-corrected chi connectivity index (χ1v) is 9.48. The lowest BCUT2D eigenvalue weighted by atomic mass is 10.2. The number of rotatable bonds is 8. The predicted molar refractivity (Wildman–Crippen MR) is 103 cm³/mol. The molecule has 0 aromatic heterocycles. The SMILES string of the molecule is CN(NSCSNN(C)C(=O)c1ccccc1)C(=O)c1ccccc1. The molecule has 0 fully saturated rings. The van der Waals surface area contributed by atoms with Gasteiger partial charge in [0.25, 0.3) is 11.8 Å². The maximum atomic E-state index is 12.1. The third-order valence-corrected chi connectivity index (χ3v) is 4.92. The molecule has 2 aromatic rings. The van der Waals surface area contributed by atoms with Crippen molar-refractivity contribution in [2.75, 3.05) is 19.2 Å². The molecule has 0 spiro atoms. The summed E-state index contributed by atoms with van der Waals surface area (Å²) >= 11 is 2.70. The van der Waals surface area contributed by atoms with E-state index in [0.717, 1.165) is 0 Å². The molecule has 2 aromatic carbocycles. The van der Waals surface area contributed by atoms with Crippen molar-refractivity contribution in [3.63, 3.8) is 0 Å². The predicted octanol–water partition coefficient (Wildman–Crippen LogP) is 2.79. The van der Waals surface area contributed by atoms with Crippen molar-refractivity contribution < 1.29 is 9.59 Å². The van der Waals surface area contributed by atoms with Gasteiger partial charge >= 0.3 is 0 Å². The Labute approximate surface area is 156 Å². The lowest BCUT2D eigenvalue weighted by molar-refractivity contribution is 0.0765. The van der Waals surface area contributed by atoms with Gasteiger partial charge in [0.2, 0.25) is 0 Å². The van der Waals surface area contributed by atoms with Gasteiger partial charge in [0.1, 0.15) is 0 Å². The minimum Gasteiger partial charge on any atom is -0.268 e. The van der Waals surface area contributed by atoms with E-state index in [0.29, 0.717) is 16.2 Å². The number of carbonyl (C=O) groups is 2. The largest absolute Gasteiger partial charge is 0.268 e. The maximum absolute atomic E-state index is 12.1. The summed E-state index contributed by atoms with van der Waals surface area (Å²) in [5.74, 6) is -0.218. The molecule has 0 unspecified atom stereocenters. The van der Waals surface area contributed by atoms with Crippen LogP contribution in [0.2, 0.25) is 0 Å². The summed E-state index contributed by atoms with van der Waals surface area (Å²) in [6, 6.07) is 18.1. The van der Waals surface area contributed by atoms with E-state index in [9.17, 15) is 9.59 Å². The van der Waals surface area contributed by atoms with E-state index in [-0.39, 0.29) is 11.8 Å². The molecule has 0 heterocycles. The molecule has 0 saturated heterocycles. The highest BCUT2D eigenvalue weighted by Crippen LogP contribution is 2.09. The minimum absolute atomic E-state index is 0.109. The van der Waals surface area contributed by atoms with Crippen LogP contribution >= 0.6 is 23.9 Å². The zero-order valence-electron chi connectivity index (χ0n) is 14.0. The summed E-state index contributed by atoms with van der Waals surface area (Å²) < 4.78 is 0. The van der Waals surface area contributed by atoms with Crippen LogP contribution in [0.5, 0.6) is 0 Å². The lowest BCUT2D eigenvalue weighted by Crippen LogP contribution is -2.36. The van der Waals surface area contributed by atoms with E-state index < -0.39 is 0 Å². The Balaban J connectivity index is 1.66. The van der Waals surface area contributed by atoms with Gasteiger partial charge in [-0.2, -0.15) is 9.66 Å². The van der Waals surface area contributed by atoms with Crippen LogP contribution in [0, 0.1) is 0 Å². The third-order valence-electron chi connectivity index (χ3n) is 3.17. The molecule has 0 aliphatic heterocycles. The number of nitrogens with one attached hydrogen (secondary N) is 2. The quantitative estimate of drug-likeness (QED) is 0.320. The standard InChI is InChI=1S/C17H20N4O2S2/c1-20(16(22)14-9-5-3-6-10-14)18-24-13-25-19-21(2)17(23)15-11-7-4-8-12-15/h3-12,18-19H,13H2,1-2H3. The number of hydrazine groups is 2. The van der Waals surface area contributed by atoms with Crippen molar-refractivity contribution in [2.24, 2.45) is 0 Å². The van der Waals surface area contributed by atoms with Gasteiger partial charge in [-0.25, -0.2) is 0 Å². The fourth-order valence-electron chi connectivity index (χ4n) is 1.91. The molecule has 0 bridgehead atoms. The Hall–Kier alpha value is -2.00. The van der Waals surface area contributed by atoms with E-state index in [2.05, 4.69) is 9.66 Å². The first-order valence-electron chi connectivity index (χ1n) is 7.50. The van der Waals surface area contributed by atoms with Crippen LogP contribution < -0.4 is 9.66 Å². The number of carbonyl (C=O) groups excluding carboxylic acids is 2. The zero-order valence-corrected chi connectivity index (χ0v) is 15.6. The average Bonchev–Trinajstić information content (AvgIpc) is 2.67. The number of amides is 2. The van der Waals surface area contributed by atoms with Gasteiger partial charge < -0.3 is 0 Å². The number of hydrogen-bond donors (Lipinski definition) is 2. The second kappa shape index (κ2) is 10.1. The van der Waals surface area contributed by atoms with E-state index in [1.165, 1.54) is 33.9 Å². The van der Waals surface area contributed by atoms with Gasteiger partial charge in [-0.1, -0.05) is 36.4 Å². The molecular weight excluding hydrogens is 356 g/mol. The molecular formula is C17H20N4O2S2. The second-order valence-corrected chi connectivity index (χ2v) is 6.93. The van der Waals surface area contributed by atoms with Crippen molar-refractivity contribution >= 4 is 35.7 Å². The lowest BCUT2D eigenvalue weighted by Gasteiger charge is -2.19. The fourth-order valence-corrected chi connectivity index (χ4v) is 3.12. The highest BCUT2D eigenvalue weighted by molar-refractivity contribution is 8.14. The molecule has 25 heavy (non-hydrogen) atoms. The van der Waals surface area contributed by atoms with Crippen molar-refractivity contribution in [2.45, 2.75) is 0 Å². The van der Waals surface area contributed by atoms with Gasteiger partial charge in [-0.3, -0.25) is 19.6 Å². The van der Waals surface area contributed by atoms with Gasteiger partial charge in [0.15, 0.2) is 0 Å². The van der Waals surface area contributed by atoms with Crippen LogP contribution in [0.1, 0.15) is 20.7 Å². The first kappa shape index (κ1) is 19.3. The Bertz CT molecular complexity index is 626. The Morgan fingerprint density at radius 1 is 0.760 bits per heavy atom. The maximum Gasteiger partial charge on any atom is 0.268 e. The molecule has 8 heteroatoms. The molecule has 0 aliphatic rings. The van der Waals surface area contributed by atoms with E-state index in [1.54, 1.807) is 38.4 Å². The van der Waals surface area contributed by atoms with Crippen LogP contribution in [-0.4, -0.2) is 41.0 Å². The van der Waals surface area contributed by atoms with Crippen molar-refractivity contribution in [3.8, 4) is 0 Å². The molecule has 0 aliphatic carbocycles. The third kappa shape index (κ3) is 6.09. The average molecular weight is 377 g/mol. The van der Waals surface area contributed by atoms with Crippen LogP contribution in [-0.2, 0) is 0 Å². The normalized spacial score (nSPS) is 10.3. The summed E-state index contributed by atoms with van der Waals surface area (Å²) in [5, 5.41) is 3.46. The number of hydrogen-bond acceptors (Lipinski definition) is 6. The van der Waals surface area contributed by atoms with Crippen LogP contribution in [0.3, 0.4) is 0 Å². The second-order valence-electron chi connectivity index (χ2n) is 5.05. The fraction of sp³-hybridized carbons (Fsp3) is 0.176. The molecule has 6 nitrogen and oxygen atoms in total. The summed E-state index contributed by atoms with van der Waals surface area (Å²) in [5.41, 5.74) is 1.24. The van der Waals surface area contributed by atoms with Crippen LogP contribution in [0.15, 0.2) is 60.7 Å². The summed E-state index contributed by atoms with van der Waals surface area (Å²) in [4.78, 5) is 30.2. The van der Waals surface area contributed by atoms with Crippen molar-refractivity contribution in [3.05, 3.63) is 71.8 Å². The molecule has 2 N–H and O–H groups in total. The van der Waals surface area contributed by atoms with Crippen molar-refractivity contribution in [1.29, 1.82) is 0 Å². The van der Waals surface area contributed by atoms with Crippen LogP contribution in [0.25, 0.3) is 0 Å². The molecule has 0 saturated carbocycles. The highest BCUT2D eigenvalue weighted by atomic mass is 32.2. The van der Waals surface area contributed by atoms with Gasteiger partial charge in [-0.05, 0) is 48.2 Å². The number of benzene rings is 2. The van der Waals surface area contributed by atoms with Crippen LogP contribution in [0.4, 0.5) is 0 Å². The number of nitrogens with zero attached hydrogens (tertiary/aromatic N) is 2. The Morgan fingerprint density at radius 2 is 1.12 bits per heavy atom. The van der Waals surface area contributed by atoms with Gasteiger partial charge in [0, 0.05) is 25.2 Å². The van der Waals surface area contributed by atoms with Gasteiger partial charge in [-0.15, -0.1) is 0 Å². The summed E-state index contributed by atoms with van der Waals surface area (Å²) in [6.07, 6.45) is 0. The molecule has 132 valence electrons. The Morgan fingerprint density at radius 3 is 1.48 bits per heavy atom. The van der Waals surface area contributed by atoms with Gasteiger partial charge in [0.05, 0.1) is 5.08 Å². The minimum atomic E-state index is -0.109. The molecule has 2 rings (SSSR count). The first-order chi connectivity index (χ1) is 12.1. The van der Waals surface area contributed by atoms with E-state index in [4.69, 9.17) is 0 Å². The van der Waals surface area contributed by atoms with Crippen molar-refractivity contribution in [1.82, 2.24) is 19.7 Å². The smallest absolute Gasteiger partial charge is 0.268 e. The molecule has 0 atom stereocenters.